The van der Waals surface area contributed by atoms with Crippen molar-refractivity contribution in [1.29, 1.82) is 0 Å². The van der Waals surface area contributed by atoms with E-state index in [1.54, 1.807) is 18.2 Å². The maximum atomic E-state index is 14.0. The third kappa shape index (κ3) is 4.37. The molecule has 0 fully saturated rings. The summed E-state index contributed by atoms with van der Waals surface area (Å²) >= 11 is 0. The molecular weight excluding hydrogens is 397 g/mol. The molecule has 0 radical (unpaired) electrons. The monoisotopic (exact) mass is 414 g/mol. The van der Waals surface area contributed by atoms with Gasteiger partial charge in [0.15, 0.2) is 11.9 Å². The van der Waals surface area contributed by atoms with E-state index in [9.17, 15) is 18.0 Å². The van der Waals surface area contributed by atoms with Gasteiger partial charge in [-0.05, 0) is 42.0 Å². The van der Waals surface area contributed by atoms with Gasteiger partial charge in [-0.3, -0.25) is 4.79 Å². The summed E-state index contributed by atoms with van der Waals surface area (Å²) in [7, 11) is 0. The highest BCUT2D eigenvalue weighted by molar-refractivity contribution is 6.01. The molecule has 154 valence electrons. The second kappa shape index (κ2) is 8.44. The minimum atomic E-state index is -0.735. The number of carbonyl (C=O) groups is 1. The third-order valence-electron chi connectivity index (χ3n) is 4.68. The van der Waals surface area contributed by atoms with Crippen molar-refractivity contribution in [3.63, 3.8) is 0 Å². The van der Waals surface area contributed by atoms with Crippen molar-refractivity contribution in [1.82, 2.24) is 4.90 Å². The molecule has 5 nitrogen and oxygen atoms in total. The van der Waals surface area contributed by atoms with Crippen LogP contribution in [0.3, 0.4) is 0 Å². The van der Waals surface area contributed by atoms with Crippen LogP contribution in [-0.4, -0.2) is 29.2 Å². The molecule has 4 rings (SSSR count). The normalized spacial score (nSPS) is 15.6. The fourth-order valence-corrected chi connectivity index (χ4v) is 3.29. The molecule has 1 aliphatic rings. The summed E-state index contributed by atoms with van der Waals surface area (Å²) in [6, 6.07) is 12.3. The molecule has 1 aliphatic heterocycles. The van der Waals surface area contributed by atoms with Crippen molar-refractivity contribution in [3.05, 3.63) is 95.2 Å². The number of oxime groups is 1. The molecule has 0 saturated carbocycles. The van der Waals surface area contributed by atoms with Crippen LogP contribution in [0.25, 0.3) is 0 Å². The Morgan fingerprint density at radius 2 is 1.90 bits per heavy atom. The summed E-state index contributed by atoms with van der Waals surface area (Å²) in [5.41, 5.74) is 1.07. The molecular formula is C22H17F3N2O3. The second-order valence-corrected chi connectivity index (χ2v) is 6.89. The number of nitrogens with zero attached hydrogens (tertiary/aromatic N) is 2. The van der Waals surface area contributed by atoms with E-state index in [-0.39, 0.29) is 30.8 Å². The lowest BCUT2D eigenvalue weighted by molar-refractivity contribution is 0.0387. The van der Waals surface area contributed by atoms with E-state index in [1.165, 1.54) is 35.4 Å². The molecule has 0 N–H and O–H groups in total. The number of halogens is 3. The van der Waals surface area contributed by atoms with Crippen molar-refractivity contribution in [3.8, 4) is 0 Å². The Bertz CT molecular complexity index is 1080. The van der Waals surface area contributed by atoms with Crippen molar-refractivity contribution in [2.75, 3.05) is 6.54 Å². The van der Waals surface area contributed by atoms with Crippen LogP contribution in [0, 0.1) is 17.5 Å². The lowest BCUT2D eigenvalue weighted by atomic mass is 10.0. The molecule has 2 heterocycles. The number of amides is 1. The zero-order valence-electron chi connectivity index (χ0n) is 15.7. The second-order valence-electron chi connectivity index (χ2n) is 6.89. The zero-order valence-corrected chi connectivity index (χ0v) is 15.7. The number of benzene rings is 2. The van der Waals surface area contributed by atoms with Crippen LogP contribution in [0.1, 0.15) is 28.1 Å². The Hall–Kier alpha value is -3.55. The summed E-state index contributed by atoms with van der Waals surface area (Å²) in [4.78, 5) is 19.7. The minimum Gasteiger partial charge on any atom is -0.459 e. The number of furan rings is 1. The molecule has 1 amide bonds. The fourth-order valence-electron chi connectivity index (χ4n) is 3.29. The SMILES string of the molecule is O=C(c1ccco1)N(Cc1cccc(F)c1)C[C@@H]1CC(c2ccc(F)cc2F)=NO1. The number of hydrogen-bond acceptors (Lipinski definition) is 4. The molecule has 1 atom stereocenters. The van der Waals surface area contributed by atoms with Crippen LogP contribution < -0.4 is 0 Å². The molecule has 0 unspecified atom stereocenters. The Morgan fingerprint density at radius 1 is 1.07 bits per heavy atom. The van der Waals surface area contributed by atoms with E-state index in [2.05, 4.69) is 5.16 Å². The molecule has 0 spiro atoms. The number of carbonyl (C=O) groups excluding carboxylic acids is 1. The van der Waals surface area contributed by atoms with E-state index in [0.29, 0.717) is 11.3 Å². The number of hydrogen-bond donors (Lipinski definition) is 0. The van der Waals surface area contributed by atoms with Gasteiger partial charge in [-0.25, -0.2) is 13.2 Å². The summed E-state index contributed by atoms with van der Waals surface area (Å²) in [6.45, 7) is 0.239. The van der Waals surface area contributed by atoms with Crippen LogP contribution in [0.5, 0.6) is 0 Å². The van der Waals surface area contributed by atoms with Crippen LogP contribution >= 0.6 is 0 Å². The van der Waals surface area contributed by atoms with Gasteiger partial charge in [0.2, 0.25) is 0 Å². The van der Waals surface area contributed by atoms with Crippen molar-refractivity contribution >= 4 is 11.6 Å². The summed E-state index contributed by atoms with van der Waals surface area (Å²) in [5.74, 6) is -2.09. The van der Waals surface area contributed by atoms with Gasteiger partial charge in [0.1, 0.15) is 17.5 Å². The molecule has 1 aromatic heterocycles. The van der Waals surface area contributed by atoms with E-state index < -0.39 is 29.5 Å². The molecule has 0 aliphatic carbocycles. The van der Waals surface area contributed by atoms with E-state index >= 15 is 0 Å². The fraction of sp³-hybridized carbons (Fsp3) is 0.182. The largest absolute Gasteiger partial charge is 0.459 e. The van der Waals surface area contributed by atoms with Crippen molar-refractivity contribution in [2.24, 2.45) is 5.16 Å². The maximum Gasteiger partial charge on any atom is 0.289 e. The van der Waals surface area contributed by atoms with Gasteiger partial charge in [-0.1, -0.05) is 17.3 Å². The van der Waals surface area contributed by atoms with E-state index in [4.69, 9.17) is 9.25 Å². The predicted molar refractivity (Wildman–Crippen MR) is 102 cm³/mol. The van der Waals surface area contributed by atoms with Gasteiger partial charge < -0.3 is 14.2 Å². The highest BCUT2D eigenvalue weighted by atomic mass is 19.1. The Kier molecular flexibility index (Phi) is 5.56. The molecule has 8 heteroatoms. The Labute approximate surface area is 170 Å². The van der Waals surface area contributed by atoms with Gasteiger partial charge in [-0.15, -0.1) is 0 Å². The van der Waals surface area contributed by atoms with Gasteiger partial charge in [-0.2, -0.15) is 0 Å². The lowest BCUT2D eigenvalue weighted by Crippen LogP contribution is -2.37. The smallest absolute Gasteiger partial charge is 0.289 e. The van der Waals surface area contributed by atoms with Gasteiger partial charge >= 0.3 is 0 Å². The van der Waals surface area contributed by atoms with Crippen LogP contribution in [0.15, 0.2) is 70.4 Å². The predicted octanol–water partition coefficient (Wildman–Crippen LogP) is 4.53. The first-order valence-electron chi connectivity index (χ1n) is 9.25. The van der Waals surface area contributed by atoms with Crippen LogP contribution in [0.2, 0.25) is 0 Å². The van der Waals surface area contributed by atoms with Gasteiger partial charge in [0.25, 0.3) is 5.91 Å². The topological polar surface area (TPSA) is 55.0 Å². The van der Waals surface area contributed by atoms with Crippen molar-refractivity contribution < 1.29 is 27.2 Å². The van der Waals surface area contributed by atoms with Gasteiger partial charge in [0.05, 0.1) is 18.5 Å². The highest BCUT2D eigenvalue weighted by Gasteiger charge is 2.29. The average molecular weight is 414 g/mol. The average Bonchev–Trinajstić information content (AvgIpc) is 3.39. The highest BCUT2D eigenvalue weighted by Crippen LogP contribution is 2.22. The van der Waals surface area contributed by atoms with Crippen molar-refractivity contribution in [2.45, 2.75) is 19.1 Å². The quantitative estimate of drug-likeness (QED) is 0.596. The molecule has 30 heavy (non-hydrogen) atoms. The standard InChI is InChI=1S/C22H17F3N2O3/c23-15-4-1-3-14(9-15)12-27(22(28)21-5-2-8-29-21)13-17-11-20(26-30-17)18-7-6-16(24)10-19(18)25/h1-10,17H,11-13H2/t17-/m0/s1. The first kappa shape index (κ1) is 19.8. The molecule has 0 bridgehead atoms. The minimum absolute atomic E-state index is 0.117. The maximum absolute atomic E-state index is 14.0. The summed E-state index contributed by atoms with van der Waals surface area (Å²) in [5, 5.41) is 3.91. The zero-order chi connectivity index (χ0) is 21.1. The Balaban J connectivity index is 1.50. The van der Waals surface area contributed by atoms with Gasteiger partial charge in [0, 0.05) is 24.6 Å². The van der Waals surface area contributed by atoms with E-state index in [0.717, 1.165) is 12.1 Å². The molecule has 0 saturated heterocycles. The first-order valence-corrected chi connectivity index (χ1v) is 9.25. The summed E-state index contributed by atoms with van der Waals surface area (Å²) in [6.07, 6.45) is 1.07. The van der Waals surface area contributed by atoms with E-state index in [1.807, 2.05) is 0 Å². The Morgan fingerprint density at radius 3 is 2.63 bits per heavy atom. The summed E-state index contributed by atoms with van der Waals surface area (Å²) < 4.78 is 46.0. The molecule has 2 aromatic carbocycles. The van der Waals surface area contributed by atoms with Crippen LogP contribution in [0.4, 0.5) is 13.2 Å². The number of rotatable bonds is 6. The third-order valence-corrected chi connectivity index (χ3v) is 4.68. The molecule has 3 aromatic rings. The lowest BCUT2D eigenvalue weighted by Gasteiger charge is -2.24. The van der Waals surface area contributed by atoms with Crippen LogP contribution in [-0.2, 0) is 11.4 Å². The first-order chi connectivity index (χ1) is 14.5.